The van der Waals surface area contributed by atoms with Crippen LogP contribution in [-0.4, -0.2) is 74.8 Å². The highest BCUT2D eigenvalue weighted by atomic mass is 16.6. The summed E-state index contributed by atoms with van der Waals surface area (Å²) in [5, 5.41) is 41.8. The molecule has 5 aromatic rings. The van der Waals surface area contributed by atoms with Crippen LogP contribution in [0.1, 0.15) is 11.8 Å². The lowest BCUT2D eigenvalue weighted by Crippen LogP contribution is -2.33. The van der Waals surface area contributed by atoms with E-state index in [0.29, 0.717) is 23.5 Å². The van der Waals surface area contributed by atoms with Crippen LogP contribution in [0.2, 0.25) is 0 Å². The molecular formula is C25H24N8O4. The molecule has 1 fully saturated rings. The average Bonchev–Trinajstić information content (AvgIpc) is 3.64. The molecule has 0 radical (unpaired) electrons. The molecule has 0 bridgehead atoms. The fraction of sp³-hybridized carbons (Fsp3) is 0.240. The fourth-order valence-corrected chi connectivity index (χ4v) is 4.41. The zero-order valence-electron chi connectivity index (χ0n) is 19.5. The van der Waals surface area contributed by atoms with E-state index in [1.54, 1.807) is 4.68 Å². The van der Waals surface area contributed by atoms with E-state index in [2.05, 4.69) is 30.6 Å². The Morgan fingerprint density at radius 2 is 1.84 bits per heavy atom. The molecule has 188 valence electrons. The van der Waals surface area contributed by atoms with Gasteiger partial charge in [0.1, 0.15) is 30.3 Å². The van der Waals surface area contributed by atoms with E-state index in [0.717, 1.165) is 22.5 Å². The Morgan fingerprint density at radius 3 is 2.65 bits per heavy atom. The Balaban J connectivity index is 1.24. The molecule has 0 unspecified atom stereocenters. The maximum Gasteiger partial charge on any atom is 0.167 e. The van der Waals surface area contributed by atoms with Crippen LogP contribution in [-0.2, 0) is 11.3 Å². The summed E-state index contributed by atoms with van der Waals surface area (Å²) in [6.45, 7) is 0.211. The summed E-state index contributed by atoms with van der Waals surface area (Å²) in [6, 6.07) is 17.8. The Morgan fingerprint density at radius 1 is 0.973 bits per heavy atom. The van der Waals surface area contributed by atoms with Gasteiger partial charge in [-0.05, 0) is 17.7 Å². The zero-order chi connectivity index (χ0) is 25.4. The molecule has 1 aliphatic rings. The first kappa shape index (κ1) is 23.2. The molecule has 0 saturated carbocycles. The Kier molecular flexibility index (Phi) is 6.06. The van der Waals surface area contributed by atoms with Gasteiger partial charge < -0.3 is 25.4 Å². The molecule has 12 nitrogen and oxygen atoms in total. The van der Waals surface area contributed by atoms with Gasteiger partial charge in [-0.3, -0.25) is 4.57 Å². The molecule has 6 rings (SSSR count). The molecule has 4 atom stereocenters. The van der Waals surface area contributed by atoms with E-state index in [4.69, 9.17) is 4.74 Å². The number of rotatable bonds is 7. The summed E-state index contributed by atoms with van der Waals surface area (Å²) in [4.78, 5) is 13.0. The molecule has 3 aromatic heterocycles. The maximum atomic E-state index is 10.4. The number of anilines is 2. The highest BCUT2D eigenvalue weighted by molar-refractivity contribution is 5.85. The standard InChI is InChI=1S/C25H24N8O4/c34-12-19-21(35)22(36)25(37-19)33-14-28-20-23(26-13-27-24(20)33)29-17-8-4-7-16(9-17)18-11-32(31-30-18)10-15-5-2-1-3-6-15/h1-9,11,13-14,19,21-22,25,34-36H,10,12H2,(H,26,27,29)/t19-,21-,22-,25-/m1/s1. The number of nitrogens with zero attached hydrogens (tertiary/aromatic N) is 7. The first-order valence-electron chi connectivity index (χ1n) is 11.7. The molecule has 4 N–H and O–H groups in total. The molecule has 4 heterocycles. The molecule has 0 spiro atoms. The number of aliphatic hydroxyl groups is 3. The summed E-state index contributed by atoms with van der Waals surface area (Å²) in [5.74, 6) is 0.459. The van der Waals surface area contributed by atoms with Crippen molar-refractivity contribution in [2.75, 3.05) is 11.9 Å². The van der Waals surface area contributed by atoms with Crippen LogP contribution in [0.25, 0.3) is 22.4 Å². The number of aromatic nitrogens is 7. The summed E-state index contributed by atoms with van der Waals surface area (Å²) >= 11 is 0. The third-order valence-corrected chi connectivity index (χ3v) is 6.30. The predicted molar refractivity (Wildman–Crippen MR) is 133 cm³/mol. The lowest BCUT2D eigenvalue weighted by atomic mass is 10.1. The van der Waals surface area contributed by atoms with Crippen LogP contribution in [0.4, 0.5) is 11.5 Å². The number of benzene rings is 2. The molecule has 0 aliphatic carbocycles. The topological polar surface area (TPSA) is 156 Å². The van der Waals surface area contributed by atoms with E-state index in [1.807, 2.05) is 60.8 Å². The SMILES string of the molecule is OC[C@H]1O[C@@H](n2cnc3c(Nc4cccc(-c5cn(Cc6ccccc6)nn5)c4)ncnc32)[C@H](O)[C@@H]1O. The summed E-state index contributed by atoms with van der Waals surface area (Å²) < 4.78 is 8.94. The maximum absolute atomic E-state index is 10.4. The van der Waals surface area contributed by atoms with E-state index in [1.165, 1.54) is 17.2 Å². The van der Waals surface area contributed by atoms with Crippen molar-refractivity contribution in [1.82, 2.24) is 34.5 Å². The van der Waals surface area contributed by atoms with Crippen molar-refractivity contribution in [3.05, 3.63) is 79.0 Å². The van der Waals surface area contributed by atoms with Gasteiger partial charge >= 0.3 is 0 Å². The normalized spacial score (nSPS) is 21.5. The van der Waals surface area contributed by atoms with Crippen molar-refractivity contribution in [3.8, 4) is 11.3 Å². The van der Waals surface area contributed by atoms with Crippen molar-refractivity contribution >= 4 is 22.7 Å². The third-order valence-electron chi connectivity index (χ3n) is 6.30. The minimum atomic E-state index is -1.24. The Bertz CT molecular complexity index is 1520. The van der Waals surface area contributed by atoms with Crippen molar-refractivity contribution in [2.45, 2.75) is 31.1 Å². The molecule has 1 saturated heterocycles. The van der Waals surface area contributed by atoms with E-state index in [9.17, 15) is 15.3 Å². The molecule has 1 aliphatic heterocycles. The van der Waals surface area contributed by atoms with Gasteiger partial charge in [0, 0.05) is 11.3 Å². The second-order valence-electron chi connectivity index (χ2n) is 8.77. The molecular weight excluding hydrogens is 476 g/mol. The lowest BCUT2D eigenvalue weighted by Gasteiger charge is -2.16. The monoisotopic (exact) mass is 500 g/mol. The zero-order valence-corrected chi connectivity index (χ0v) is 19.5. The number of imidazole rings is 1. The van der Waals surface area contributed by atoms with Gasteiger partial charge in [-0.2, -0.15) is 0 Å². The smallest absolute Gasteiger partial charge is 0.167 e. The predicted octanol–water partition coefficient (Wildman–Crippen LogP) is 1.49. The van der Waals surface area contributed by atoms with Crippen molar-refractivity contribution in [3.63, 3.8) is 0 Å². The first-order chi connectivity index (χ1) is 18.1. The van der Waals surface area contributed by atoms with Crippen LogP contribution < -0.4 is 5.32 Å². The highest BCUT2D eigenvalue weighted by Crippen LogP contribution is 2.33. The number of hydrogen-bond donors (Lipinski definition) is 4. The van der Waals surface area contributed by atoms with Crippen LogP contribution in [0.3, 0.4) is 0 Å². The van der Waals surface area contributed by atoms with Gasteiger partial charge in [0.25, 0.3) is 0 Å². The van der Waals surface area contributed by atoms with Gasteiger partial charge in [-0.15, -0.1) is 5.10 Å². The second kappa shape index (κ2) is 9.67. The van der Waals surface area contributed by atoms with Crippen LogP contribution in [0, 0.1) is 0 Å². The van der Waals surface area contributed by atoms with Crippen molar-refractivity contribution < 1.29 is 20.1 Å². The summed E-state index contributed by atoms with van der Waals surface area (Å²) in [7, 11) is 0. The molecule has 37 heavy (non-hydrogen) atoms. The number of ether oxygens (including phenoxy) is 1. The largest absolute Gasteiger partial charge is 0.394 e. The number of nitrogens with one attached hydrogen (secondary N) is 1. The average molecular weight is 501 g/mol. The fourth-order valence-electron chi connectivity index (χ4n) is 4.41. The molecule has 12 heteroatoms. The van der Waals surface area contributed by atoms with Crippen LogP contribution >= 0.6 is 0 Å². The van der Waals surface area contributed by atoms with Gasteiger partial charge in [-0.25, -0.2) is 19.6 Å². The van der Waals surface area contributed by atoms with Gasteiger partial charge in [0.15, 0.2) is 23.2 Å². The Labute approximate surface area is 210 Å². The number of hydrogen-bond acceptors (Lipinski definition) is 10. The van der Waals surface area contributed by atoms with Crippen LogP contribution in [0.5, 0.6) is 0 Å². The number of fused-ring (bicyclic) bond motifs is 1. The summed E-state index contributed by atoms with van der Waals surface area (Å²) in [6.07, 6.45) is 0.438. The van der Waals surface area contributed by atoms with E-state index < -0.39 is 31.1 Å². The van der Waals surface area contributed by atoms with Crippen LogP contribution in [0.15, 0.2) is 73.4 Å². The lowest BCUT2D eigenvalue weighted by molar-refractivity contribution is -0.0511. The third kappa shape index (κ3) is 4.42. The minimum absolute atomic E-state index is 0.410. The second-order valence-corrected chi connectivity index (χ2v) is 8.77. The molecule has 2 aromatic carbocycles. The van der Waals surface area contributed by atoms with E-state index in [-0.39, 0.29) is 0 Å². The molecule has 0 amide bonds. The quantitative estimate of drug-likeness (QED) is 0.258. The van der Waals surface area contributed by atoms with Crippen molar-refractivity contribution in [1.29, 1.82) is 0 Å². The van der Waals surface area contributed by atoms with E-state index >= 15 is 0 Å². The van der Waals surface area contributed by atoms with Gasteiger partial charge in [0.2, 0.25) is 0 Å². The Hall–Kier alpha value is -4.23. The first-order valence-corrected chi connectivity index (χ1v) is 11.7. The van der Waals surface area contributed by atoms with Gasteiger partial charge in [-0.1, -0.05) is 47.7 Å². The number of aliphatic hydroxyl groups excluding tert-OH is 3. The summed E-state index contributed by atoms with van der Waals surface area (Å²) in [5.41, 5.74) is 4.38. The minimum Gasteiger partial charge on any atom is -0.394 e. The van der Waals surface area contributed by atoms with Crippen molar-refractivity contribution in [2.24, 2.45) is 0 Å². The highest BCUT2D eigenvalue weighted by Gasteiger charge is 2.44. The van der Waals surface area contributed by atoms with Gasteiger partial charge in [0.05, 0.1) is 25.7 Å².